The minimum Gasteiger partial charge on any atom is -0.478 e. The summed E-state index contributed by atoms with van der Waals surface area (Å²) in [5.41, 5.74) is 6.40. The van der Waals surface area contributed by atoms with E-state index < -0.39 is 11.9 Å². The van der Waals surface area contributed by atoms with Gasteiger partial charge in [0.1, 0.15) is 5.70 Å². The summed E-state index contributed by atoms with van der Waals surface area (Å²) in [6, 6.07) is 0. The molecule has 0 unspecified atom stereocenters. The number of allylic oxidation sites excluding steroid dienone is 5. The molecule has 0 aromatic rings. The number of aliphatic carboxylic acids is 2. The van der Waals surface area contributed by atoms with E-state index >= 15 is 0 Å². The monoisotopic (exact) mass is 235 g/mol. The Kier molecular flexibility index (Phi) is 3.87. The Morgan fingerprint density at radius 1 is 1.18 bits per heavy atom. The Bertz CT molecular complexity index is 481. The Labute approximate surface area is 98.2 Å². The molecule has 17 heavy (non-hydrogen) atoms. The molecule has 1 rings (SSSR count). The van der Waals surface area contributed by atoms with Crippen LogP contribution in [0.5, 0.6) is 0 Å². The topological polar surface area (TPSA) is 101 Å². The molecule has 0 radical (unpaired) electrons. The first-order valence-electron chi connectivity index (χ1n) is 4.95. The van der Waals surface area contributed by atoms with Crippen molar-refractivity contribution in [3.05, 3.63) is 46.7 Å². The minimum absolute atomic E-state index is 0.179. The van der Waals surface area contributed by atoms with Gasteiger partial charge in [-0.25, -0.2) is 9.59 Å². The molecule has 0 aliphatic heterocycles. The third-order valence-corrected chi connectivity index (χ3v) is 2.43. The molecule has 0 fully saturated rings. The van der Waals surface area contributed by atoms with Gasteiger partial charge in [0.2, 0.25) is 0 Å². The van der Waals surface area contributed by atoms with Gasteiger partial charge in [0, 0.05) is 0 Å². The van der Waals surface area contributed by atoms with Gasteiger partial charge in [-0.05, 0) is 30.6 Å². The van der Waals surface area contributed by atoms with Crippen LogP contribution in [0, 0.1) is 0 Å². The summed E-state index contributed by atoms with van der Waals surface area (Å²) in [4.78, 5) is 21.5. The average molecular weight is 235 g/mol. The molecular weight excluding hydrogens is 222 g/mol. The molecule has 5 heteroatoms. The summed E-state index contributed by atoms with van der Waals surface area (Å²) in [5, 5.41) is 17.6. The van der Waals surface area contributed by atoms with Crippen molar-refractivity contribution < 1.29 is 19.8 Å². The van der Waals surface area contributed by atoms with Crippen LogP contribution in [0.2, 0.25) is 0 Å². The maximum atomic E-state index is 10.8. The van der Waals surface area contributed by atoms with Crippen molar-refractivity contribution in [2.24, 2.45) is 5.73 Å². The predicted molar refractivity (Wildman–Crippen MR) is 62.1 cm³/mol. The van der Waals surface area contributed by atoms with E-state index in [4.69, 9.17) is 15.9 Å². The second-order valence-corrected chi connectivity index (χ2v) is 3.54. The number of hydrogen-bond donors (Lipinski definition) is 3. The molecule has 0 bridgehead atoms. The summed E-state index contributed by atoms with van der Waals surface area (Å²) in [6.45, 7) is 1.59. The lowest BCUT2D eigenvalue weighted by Crippen LogP contribution is -2.13. The van der Waals surface area contributed by atoms with Crippen molar-refractivity contribution in [2.75, 3.05) is 0 Å². The second-order valence-electron chi connectivity index (χ2n) is 3.54. The zero-order valence-electron chi connectivity index (χ0n) is 9.30. The van der Waals surface area contributed by atoms with Crippen molar-refractivity contribution in [3.63, 3.8) is 0 Å². The van der Waals surface area contributed by atoms with Gasteiger partial charge in [0.25, 0.3) is 0 Å². The van der Waals surface area contributed by atoms with Crippen LogP contribution in [0.25, 0.3) is 0 Å². The van der Waals surface area contributed by atoms with Gasteiger partial charge in [-0.2, -0.15) is 0 Å². The minimum atomic E-state index is -1.19. The van der Waals surface area contributed by atoms with E-state index in [1.807, 2.05) is 0 Å². The average Bonchev–Trinajstić information content (AvgIpc) is 2.52. The van der Waals surface area contributed by atoms with Crippen LogP contribution in [0.1, 0.15) is 13.3 Å². The lowest BCUT2D eigenvalue weighted by atomic mass is 10.0. The van der Waals surface area contributed by atoms with E-state index in [2.05, 4.69) is 0 Å². The van der Waals surface area contributed by atoms with Crippen LogP contribution in [-0.4, -0.2) is 22.2 Å². The van der Waals surface area contributed by atoms with Gasteiger partial charge in [0.05, 0.1) is 5.57 Å². The van der Waals surface area contributed by atoms with Crippen molar-refractivity contribution in [1.82, 2.24) is 0 Å². The molecule has 0 saturated heterocycles. The van der Waals surface area contributed by atoms with E-state index in [9.17, 15) is 9.59 Å². The van der Waals surface area contributed by atoms with Gasteiger partial charge in [0.15, 0.2) is 0 Å². The number of nitrogens with two attached hydrogens (primary N) is 1. The highest BCUT2D eigenvalue weighted by Gasteiger charge is 2.11. The maximum absolute atomic E-state index is 10.8. The molecule has 0 heterocycles. The summed E-state index contributed by atoms with van der Waals surface area (Å²) in [7, 11) is 0. The molecule has 4 N–H and O–H groups in total. The Morgan fingerprint density at radius 3 is 2.24 bits per heavy atom. The zero-order valence-corrected chi connectivity index (χ0v) is 9.30. The van der Waals surface area contributed by atoms with Crippen LogP contribution in [-0.2, 0) is 9.59 Å². The normalized spacial score (nSPS) is 16.5. The van der Waals surface area contributed by atoms with E-state index in [1.165, 1.54) is 6.08 Å². The molecule has 0 saturated carbocycles. The van der Waals surface area contributed by atoms with Gasteiger partial charge in [-0.3, -0.25) is 0 Å². The van der Waals surface area contributed by atoms with Gasteiger partial charge >= 0.3 is 11.9 Å². The fraction of sp³-hybridized carbons (Fsp3) is 0.167. The maximum Gasteiger partial charge on any atom is 0.352 e. The summed E-state index contributed by atoms with van der Waals surface area (Å²) < 4.78 is 0. The Morgan fingerprint density at radius 2 is 1.71 bits per heavy atom. The van der Waals surface area contributed by atoms with E-state index in [0.717, 1.165) is 0 Å². The second kappa shape index (κ2) is 5.16. The first-order valence-corrected chi connectivity index (χ1v) is 4.95. The number of carbonyl (C=O) groups is 2. The Balaban J connectivity index is 3.03. The fourth-order valence-electron chi connectivity index (χ4n) is 1.38. The molecule has 0 aromatic carbocycles. The summed E-state index contributed by atoms with van der Waals surface area (Å²) in [5.74, 6) is -2.20. The number of carboxylic acid groups (broad SMARTS) is 2. The molecule has 1 aliphatic rings. The Hall–Kier alpha value is -2.30. The van der Waals surface area contributed by atoms with Gasteiger partial charge in [-0.15, -0.1) is 0 Å². The van der Waals surface area contributed by atoms with Crippen LogP contribution in [0.15, 0.2) is 46.7 Å². The number of rotatable bonds is 3. The molecule has 1 aliphatic carbocycles. The smallest absolute Gasteiger partial charge is 0.352 e. The van der Waals surface area contributed by atoms with E-state index in [0.29, 0.717) is 17.6 Å². The highest BCUT2D eigenvalue weighted by Crippen LogP contribution is 2.19. The third-order valence-electron chi connectivity index (χ3n) is 2.43. The first-order chi connectivity index (χ1) is 7.93. The SMILES string of the molecule is C/C(C1=CCC=C(C(=O)O)C=C1)=C(/N)C(=O)O. The molecule has 0 atom stereocenters. The van der Waals surface area contributed by atoms with E-state index in [1.54, 1.807) is 25.2 Å². The van der Waals surface area contributed by atoms with Crippen LogP contribution in [0.3, 0.4) is 0 Å². The van der Waals surface area contributed by atoms with Crippen LogP contribution < -0.4 is 5.73 Å². The van der Waals surface area contributed by atoms with Crippen molar-refractivity contribution in [1.29, 1.82) is 0 Å². The standard InChI is InChI=1S/C12H13NO4/c1-7(10(13)12(16)17)8-3-2-4-9(6-5-8)11(14)15/h3-6H,2,13H2,1H3,(H,14,15)(H,16,17)/b10-7-. The molecular formula is C12H13NO4. The largest absolute Gasteiger partial charge is 0.478 e. The quantitative estimate of drug-likeness (QED) is 0.638. The molecule has 0 amide bonds. The van der Waals surface area contributed by atoms with Gasteiger partial charge in [-0.1, -0.05) is 18.2 Å². The van der Waals surface area contributed by atoms with Crippen molar-refractivity contribution in [2.45, 2.75) is 13.3 Å². The lowest BCUT2D eigenvalue weighted by Gasteiger charge is -2.04. The van der Waals surface area contributed by atoms with Crippen LogP contribution >= 0.6 is 0 Å². The number of hydrogen-bond acceptors (Lipinski definition) is 3. The zero-order chi connectivity index (χ0) is 13.0. The van der Waals surface area contributed by atoms with Gasteiger partial charge < -0.3 is 15.9 Å². The van der Waals surface area contributed by atoms with Crippen LogP contribution in [0.4, 0.5) is 0 Å². The third kappa shape index (κ3) is 3.07. The summed E-state index contributed by atoms with van der Waals surface area (Å²) in [6.07, 6.45) is 6.69. The van der Waals surface area contributed by atoms with Crippen molar-refractivity contribution in [3.8, 4) is 0 Å². The highest BCUT2D eigenvalue weighted by molar-refractivity contribution is 5.90. The number of carboxylic acids is 2. The molecule has 0 spiro atoms. The van der Waals surface area contributed by atoms with Crippen molar-refractivity contribution >= 4 is 11.9 Å². The highest BCUT2D eigenvalue weighted by atomic mass is 16.4. The lowest BCUT2D eigenvalue weighted by molar-refractivity contribution is -0.133. The first kappa shape index (κ1) is 12.8. The molecule has 0 aromatic heterocycles. The predicted octanol–water partition coefficient (Wildman–Crippen LogP) is 1.20. The summed E-state index contributed by atoms with van der Waals surface area (Å²) >= 11 is 0. The molecule has 90 valence electrons. The fourth-order valence-corrected chi connectivity index (χ4v) is 1.38. The molecule has 5 nitrogen and oxygen atoms in total. The van der Waals surface area contributed by atoms with E-state index in [-0.39, 0.29) is 11.3 Å².